The van der Waals surface area contributed by atoms with Crippen molar-refractivity contribution >= 4 is 51.0 Å². The first-order valence-corrected chi connectivity index (χ1v) is 15.9. The molecule has 2 fully saturated rings. The van der Waals surface area contributed by atoms with Crippen LogP contribution >= 0.6 is 11.3 Å². The molecule has 0 bridgehead atoms. The van der Waals surface area contributed by atoms with Crippen molar-refractivity contribution in [3.63, 3.8) is 0 Å². The molecule has 2 saturated heterocycles. The monoisotopic (exact) mass is 606 g/mol. The Morgan fingerprint density at radius 2 is 1.79 bits per heavy atom. The molecular weight excluding hydrogens is 564 g/mol. The zero-order valence-electron chi connectivity index (χ0n) is 25.9. The summed E-state index contributed by atoms with van der Waals surface area (Å²) in [6, 6.07) is 7.77. The second-order valence-electron chi connectivity index (χ2n) is 13.0. The van der Waals surface area contributed by atoms with Crippen LogP contribution in [0.25, 0.3) is 10.2 Å². The van der Waals surface area contributed by atoms with E-state index < -0.39 is 23.5 Å². The smallest absolute Gasteiger partial charge is 0.413 e. The molecule has 0 spiro atoms. The number of nitrogens with one attached hydrogen (secondary N) is 2. The summed E-state index contributed by atoms with van der Waals surface area (Å²) in [5.74, 6) is -0.188. The number of anilines is 2. The second-order valence-corrected chi connectivity index (χ2v) is 14.0. The third kappa shape index (κ3) is 7.51. The first-order valence-electron chi connectivity index (χ1n) is 15.0. The molecule has 43 heavy (non-hydrogen) atoms. The number of fused-ring (bicyclic) bond motifs is 1. The number of carbonyl (C=O) groups is 3. The fourth-order valence-corrected chi connectivity index (χ4v) is 6.93. The van der Waals surface area contributed by atoms with E-state index in [1.165, 1.54) is 11.2 Å². The quantitative estimate of drug-likeness (QED) is 0.345. The largest absolute Gasteiger partial charge is 0.444 e. The van der Waals surface area contributed by atoms with Gasteiger partial charge < -0.3 is 19.9 Å². The van der Waals surface area contributed by atoms with Crippen LogP contribution in [-0.4, -0.2) is 70.0 Å². The molecule has 2 aliphatic heterocycles. The summed E-state index contributed by atoms with van der Waals surface area (Å²) in [6.07, 6.45) is 4.80. The zero-order valence-corrected chi connectivity index (χ0v) is 26.7. The van der Waals surface area contributed by atoms with Gasteiger partial charge in [0, 0.05) is 12.5 Å². The summed E-state index contributed by atoms with van der Waals surface area (Å²) < 4.78 is 6.44. The van der Waals surface area contributed by atoms with Gasteiger partial charge in [-0.05, 0) is 109 Å². The van der Waals surface area contributed by atoms with Gasteiger partial charge in [0.15, 0.2) is 0 Å². The van der Waals surface area contributed by atoms with Gasteiger partial charge in [-0.1, -0.05) is 13.0 Å². The minimum Gasteiger partial charge on any atom is -0.444 e. The van der Waals surface area contributed by atoms with Gasteiger partial charge in [-0.25, -0.2) is 14.8 Å². The topological polar surface area (TPSA) is 117 Å². The maximum absolute atomic E-state index is 13.6. The molecule has 11 heteroatoms. The number of benzene rings is 1. The molecule has 5 rings (SSSR count). The summed E-state index contributed by atoms with van der Waals surface area (Å²) in [7, 11) is 2.17. The number of likely N-dealkylation sites (tertiary alicyclic amines) is 2. The van der Waals surface area contributed by atoms with E-state index in [4.69, 9.17) is 9.72 Å². The first kappa shape index (κ1) is 30.9. The lowest BCUT2D eigenvalue weighted by Gasteiger charge is -2.38. The summed E-state index contributed by atoms with van der Waals surface area (Å²) in [4.78, 5) is 52.3. The van der Waals surface area contributed by atoms with Gasteiger partial charge in [0.2, 0.25) is 0 Å². The van der Waals surface area contributed by atoms with Crippen LogP contribution in [0.2, 0.25) is 0 Å². The molecule has 0 radical (unpaired) electrons. The van der Waals surface area contributed by atoms with E-state index in [-0.39, 0.29) is 12.0 Å². The molecule has 10 nitrogen and oxygen atoms in total. The van der Waals surface area contributed by atoms with Crippen LogP contribution in [-0.2, 0) is 14.3 Å². The molecule has 2 aromatic heterocycles. The van der Waals surface area contributed by atoms with Crippen molar-refractivity contribution in [1.29, 1.82) is 0 Å². The lowest BCUT2D eigenvalue weighted by atomic mass is 9.89. The minimum absolute atomic E-state index is 0.201. The van der Waals surface area contributed by atoms with Crippen LogP contribution < -0.4 is 10.6 Å². The van der Waals surface area contributed by atoms with Gasteiger partial charge in [0.05, 0.1) is 33.2 Å². The van der Waals surface area contributed by atoms with E-state index >= 15 is 0 Å². The third-order valence-corrected chi connectivity index (χ3v) is 9.31. The average molecular weight is 607 g/mol. The summed E-state index contributed by atoms with van der Waals surface area (Å²) in [5.41, 5.74) is 2.33. The molecule has 230 valence electrons. The second kappa shape index (κ2) is 12.6. The van der Waals surface area contributed by atoms with E-state index in [1.54, 1.807) is 50.0 Å². The fraction of sp³-hybridized carbons (Fsp3) is 0.531. The zero-order chi connectivity index (χ0) is 30.9. The van der Waals surface area contributed by atoms with Crippen molar-refractivity contribution in [3.05, 3.63) is 46.6 Å². The molecule has 2 unspecified atom stereocenters. The van der Waals surface area contributed by atoms with Crippen LogP contribution in [0.3, 0.4) is 0 Å². The Labute approximate surface area is 257 Å². The molecule has 2 aliphatic rings. The van der Waals surface area contributed by atoms with Crippen LogP contribution in [0.4, 0.5) is 16.3 Å². The molecule has 1 aromatic carbocycles. The van der Waals surface area contributed by atoms with Gasteiger partial charge in [-0.15, -0.1) is 11.3 Å². The minimum atomic E-state index is -0.715. The van der Waals surface area contributed by atoms with Gasteiger partial charge in [-0.3, -0.25) is 14.9 Å². The number of ether oxygens (including phenoxy) is 1. The molecule has 4 heterocycles. The van der Waals surface area contributed by atoms with Crippen LogP contribution in [0.5, 0.6) is 0 Å². The van der Waals surface area contributed by atoms with Gasteiger partial charge >= 0.3 is 17.9 Å². The van der Waals surface area contributed by atoms with Gasteiger partial charge in [0.1, 0.15) is 11.4 Å². The molecule has 2 atom stereocenters. The van der Waals surface area contributed by atoms with Crippen LogP contribution in [0.1, 0.15) is 81.5 Å². The highest BCUT2D eigenvalue weighted by Crippen LogP contribution is 2.38. The number of aromatic nitrogens is 2. The maximum Gasteiger partial charge on any atom is 0.413 e. The number of pyridine rings is 1. The number of piperidine rings is 2. The Balaban J connectivity index is 1.29. The molecule has 3 aromatic rings. The predicted molar refractivity (Wildman–Crippen MR) is 169 cm³/mol. The lowest BCUT2D eigenvalue weighted by molar-refractivity contribution is -0.146. The summed E-state index contributed by atoms with van der Waals surface area (Å²) in [5, 5.41) is 6.52. The normalized spacial score (nSPS) is 20.2. The average Bonchev–Trinajstić information content (AvgIpc) is 3.37. The number of aryl methyl sites for hydroxylation is 1. The SMILES string of the molecule is Cc1cc(NC(=O)C(=O)N2CC(C)CCC2c2ccc3sc(C4CCN(C)CC4)nc3c2)cnc1NC(=O)OC(C)(C)C. The Bertz CT molecular complexity index is 1510. The highest BCUT2D eigenvalue weighted by Gasteiger charge is 2.35. The molecule has 0 aliphatic carbocycles. The standard InChI is InChI=1S/C32H42N6O4S/c1-19-7-9-25(22-8-10-26-24(16-22)35-29(43-26)21-11-13-37(6)14-12-21)38(18-19)30(40)28(39)34-23-15-20(2)27(33-17-23)36-31(41)42-32(3,4)5/h8,10,15-17,19,21,25H,7,9,11-14,18H2,1-6H3,(H,34,39)(H,33,36,41). The molecular formula is C32H42N6O4S. The molecule has 3 amide bonds. The highest BCUT2D eigenvalue weighted by molar-refractivity contribution is 7.18. The predicted octanol–water partition coefficient (Wildman–Crippen LogP) is 6.09. The van der Waals surface area contributed by atoms with Crippen molar-refractivity contribution in [1.82, 2.24) is 19.8 Å². The highest BCUT2D eigenvalue weighted by atomic mass is 32.1. The third-order valence-electron chi connectivity index (χ3n) is 8.11. The number of thiazole rings is 1. The summed E-state index contributed by atoms with van der Waals surface area (Å²) >= 11 is 1.77. The number of hydrogen-bond donors (Lipinski definition) is 2. The number of hydrogen-bond acceptors (Lipinski definition) is 8. The Morgan fingerprint density at radius 1 is 1.05 bits per heavy atom. The number of amides is 3. The van der Waals surface area contributed by atoms with Crippen LogP contribution in [0, 0.1) is 12.8 Å². The number of nitrogens with zero attached hydrogens (tertiary/aromatic N) is 4. The van der Waals surface area contributed by atoms with Gasteiger partial charge in [0.25, 0.3) is 0 Å². The molecule has 2 N–H and O–H groups in total. The Hall–Kier alpha value is -3.57. The van der Waals surface area contributed by atoms with E-state index in [2.05, 4.69) is 52.7 Å². The molecule has 0 saturated carbocycles. The fourth-order valence-electron chi connectivity index (χ4n) is 5.81. The Morgan fingerprint density at radius 3 is 2.49 bits per heavy atom. The first-order chi connectivity index (χ1) is 20.4. The van der Waals surface area contributed by atoms with Crippen molar-refractivity contribution in [3.8, 4) is 0 Å². The van der Waals surface area contributed by atoms with Crippen LogP contribution in [0.15, 0.2) is 30.5 Å². The van der Waals surface area contributed by atoms with Crippen molar-refractivity contribution in [2.24, 2.45) is 5.92 Å². The maximum atomic E-state index is 13.6. The number of carbonyl (C=O) groups excluding carboxylic acids is 3. The van der Waals surface area contributed by atoms with Crippen molar-refractivity contribution in [2.45, 2.75) is 77.9 Å². The Kier molecular flexibility index (Phi) is 9.03. The van der Waals surface area contributed by atoms with Crippen molar-refractivity contribution in [2.75, 3.05) is 37.3 Å². The number of rotatable bonds is 4. The van der Waals surface area contributed by atoms with Gasteiger partial charge in [-0.2, -0.15) is 0 Å². The van der Waals surface area contributed by atoms with E-state index in [0.717, 1.165) is 54.6 Å². The van der Waals surface area contributed by atoms with E-state index in [0.29, 0.717) is 29.5 Å². The summed E-state index contributed by atoms with van der Waals surface area (Å²) in [6.45, 7) is 11.9. The van der Waals surface area contributed by atoms with E-state index in [1.807, 2.05) is 0 Å². The van der Waals surface area contributed by atoms with E-state index in [9.17, 15) is 14.4 Å². The lowest BCUT2D eigenvalue weighted by Crippen LogP contribution is -2.46. The van der Waals surface area contributed by atoms with Crippen molar-refractivity contribution < 1.29 is 19.1 Å².